The molecule has 3 N–H and O–H groups in total. The first-order chi connectivity index (χ1) is 11.8. The van der Waals surface area contributed by atoms with Crippen LogP contribution in [-0.4, -0.2) is 29.0 Å². The van der Waals surface area contributed by atoms with Crippen molar-refractivity contribution in [1.29, 1.82) is 0 Å². The smallest absolute Gasteiger partial charge is 0.255 e. The standard InChI is InChI=1S/C19H20N4O.2ClH/c24-19(23-16-4-5-17-18(10-16)22-12-21-17)15-3-1-2-13(9-15)8-14-6-7-20-11-14;;/h1-5,9-10,12,14,20H,6-8,11H2,(H,21,22)(H,23,24);2*1H. The normalized spacial score (nSPS) is 15.9. The van der Waals surface area contributed by atoms with Crippen molar-refractivity contribution < 1.29 is 4.79 Å². The van der Waals surface area contributed by atoms with Crippen LogP contribution in [0.1, 0.15) is 22.3 Å². The van der Waals surface area contributed by atoms with Crippen molar-refractivity contribution in [2.24, 2.45) is 5.92 Å². The number of imidazole rings is 1. The second-order valence-electron chi connectivity index (χ2n) is 6.35. The number of fused-ring (bicyclic) bond motifs is 1. The Morgan fingerprint density at radius 1 is 1.19 bits per heavy atom. The van der Waals surface area contributed by atoms with Gasteiger partial charge in [-0.2, -0.15) is 0 Å². The second kappa shape index (κ2) is 9.03. The zero-order valence-electron chi connectivity index (χ0n) is 14.2. The van der Waals surface area contributed by atoms with E-state index < -0.39 is 0 Å². The molecule has 1 saturated heterocycles. The van der Waals surface area contributed by atoms with Crippen LogP contribution in [0.2, 0.25) is 0 Å². The number of halogens is 2. The molecule has 3 aromatic rings. The number of nitrogens with one attached hydrogen (secondary N) is 3. The Balaban J connectivity index is 0.00000121. The van der Waals surface area contributed by atoms with Crippen molar-refractivity contribution in [1.82, 2.24) is 15.3 Å². The number of H-pyrrole nitrogens is 1. The summed E-state index contributed by atoms with van der Waals surface area (Å²) in [5.41, 5.74) is 4.49. The average molecular weight is 393 g/mol. The van der Waals surface area contributed by atoms with Crippen LogP contribution in [0.15, 0.2) is 48.8 Å². The molecule has 1 atom stereocenters. The van der Waals surface area contributed by atoms with Crippen molar-refractivity contribution >= 4 is 47.4 Å². The summed E-state index contributed by atoms with van der Waals surface area (Å²) >= 11 is 0. The summed E-state index contributed by atoms with van der Waals surface area (Å²) in [6.45, 7) is 2.17. The maximum atomic E-state index is 12.5. The second-order valence-corrected chi connectivity index (χ2v) is 6.35. The minimum Gasteiger partial charge on any atom is -0.345 e. The number of carbonyl (C=O) groups is 1. The third-order valence-corrected chi connectivity index (χ3v) is 4.55. The first-order valence-electron chi connectivity index (χ1n) is 8.32. The Kier molecular flexibility index (Phi) is 7.03. The molecule has 2 heterocycles. The van der Waals surface area contributed by atoms with Gasteiger partial charge in [-0.05, 0) is 67.7 Å². The van der Waals surface area contributed by atoms with Crippen LogP contribution < -0.4 is 10.6 Å². The quantitative estimate of drug-likeness (QED) is 0.631. The van der Waals surface area contributed by atoms with Crippen molar-refractivity contribution in [2.75, 3.05) is 18.4 Å². The van der Waals surface area contributed by atoms with Gasteiger partial charge in [-0.1, -0.05) is 12.1 Å². The van der Waals surface area contributed by atoms with Gasteiger partial charge in [0, 0.05) is 11.3 Å². The Bertz CT molecular complexity index is 875. The van der Waals surface area contributed by atoms with Gasteiger partial charge in [0.25, 0.3) is 5.91 Å². The zero-order chi connectivity index (χ0) is 16.4. The number of benzene rings is 2. The zero-order valence-corrected chi connectivity index (χ0v) is 15.8. The molecular weight excluding hydrogens is 371 g/mol. The number of anilines is 1. The summed E-state index contributed by atoms with van der Waals surface area (Å²) in [6, 6.07) is 13.6. The van der Waals surface area contributed by atoms with E-state index in [9.17, 15) is 4.79 Å². The molecule has 1 aliphatic heterocycles. The molecule has 7 heteroatoms. The third kappa shape index (κ3) is 4.55. The summed E-state index contributed by atoms with van der Waals surface area (Å²) in [5, 5.41) is 6.35. The van der Waals surface area contributed by atoms with Crippen molar-refractivity contribution in [3.05, 3.63) is 59.9 Å². The molecule has 26 heavy (non-hydrogen) atoms. The van der Waals surface area contributed by atoms with Gasteiger partial charge >= 0.3 is 0 Å². The number of aromatic amines is 1. The summed E-state index contributed by atoms with van der Waals surface area (Å²) in [5.74, 6) is 0.589. The highest BCUT2D eigenvalue weighted by atomic mass is 35.5. The van der Waals surface area contributed by atoms with Crippen LogP contribution in [0, 0.1) is 5.92 Å². The molecule has 1 unspecified atom stereocenters. The minimum absolute atomic E-state index is 0. The fraction of sp³-hybridized carbons (Fsp3) is 0.263. The van der Waals surface area contributed by atoms with Crippen LogP contribution in [-0.2, 0) is 6.42 Å². The molecule has 0 aliphatic carbocycles. The minimum atomic E-state index is -0.0831. The van der Waals surface area contributed by atoms with E-state index in [2.05, 4.69) is 26.7 Å². The average Bonchev–Trinajstić information content (AvgIpc) is 3.26. The Hall–Kier alpha value is -2.08. The lowest BCUT2D eigenvalue weighted by atomic mass is 9.97. The first kappa shape index (κ1) is 20.2. The van der Waals surface area contributed by atoms with Crippen LogP contribution in [0.4, 0.5) is 5.69 Å². The molecular formula is C19H22Cl2N4O. The van der Waals surface area contributed by atoms with E-state index in [-0.39, 0.29) is 30.7 Å². The SMILES string of the molecule is Cl.Cl.O=C(Nc1ccc2nc[nH]c2c1)c1cccc(CC2CCNC2)c1. The maximum Gasteiger partial charge on any atom is 0.255 e. The summed E-state index contributed by atoms with van der Waals surface area (Å²) in [4.78, 5) is 19.8. The van der Waals surface area contributed by atoms with Gasteiger partial charge in [0.2, 0.25) is 0 Å². The van der Waals surface area contributed by atoms with Gasteiger partial charge in [-0.25, -0.2) is 4.98 Å². The van der Waals surface area contributed by atoms with Crippen LogP contribution in [0.25, 0.3) is 11.0 Å². The van der Waals surface area contributed by atoms with E-state index in [1.807, 2.05) is 36.4 Å². The van der Waals surface area contributed by atoms with Gasteiger partial charge in [0.1, 0.15) is 0 Å². The number of amides is 1. The molecule has 0 saturated carbocycles. The Labute approximate surface area is 164 Å². The first-order valence-corrected chi connectivity index (χ1v) is 8.32. The number of hydrogen-bond donors (Lipinski definition) is 3. The number of rotatable bonds is 4. The monoisotopic (exact) mass is 392 g/mol. The highest BCUT2D eigenvalue weighted by molar-refractivity contribution is 6.05. The van der Waals surface area contributed by atoms with Gasteiger partial charge < -0.3 is 15.6 Å². The lowest BCUT2D eigenvalue weighted by Crippen LogP contribution is -2.13. The summed E-state index contributed by atoms with van der Waals surface area (Å²) in [6.07, 6.45) is 3.88. The molecule has 1 fully saturated rings. The molecule has 2 aromatic carbocycles. The highest BCUT2D eigenvalue weighted by Crippen LogP contribution is 2.19. The van der Waals surface area contributed by atoms with Crippen LogP contribution >= 0.6 is 24.8 Å². The Morgan fingerprint density at radius 2 is 2.08 bits per heavy atom. The number of nitrogens with zero attached hydrogens (tertiary/aromatic N) is 1. The Morgan fingerprint density at radius 3 is 2.88 bits per heavy atom. The molecule has 1 aromatic heterocycles. The van der Waals surface area contributed by atoms with E-state index in [0.29, 0.717) is 11.5 Å². The highest BCUT2D eigenvalue weighted by Gasteiger charge is 2.15. The fourth-order valence-electron chi connectivity index (χ4n) is 3.28. The van der Waals surface area contributed by atoms with E-state index >= 15 is 0 Å². The molecule has 5 nitrogen and oxygen atoms in total. The van der Waals surface area contributed by atoms with Crippen molar-refractivity contribution in [2.45, 2.75) is 12.8 Å². The third-order valence-electron chi connectivity index (χ3n) is 4.55. The molecule has 1 amide bonds. The van der Waals surface area contributed by atoms with Gasteiger partial charge in [0.15, 0.2) is 0 Å². The largest absolute Gasteiger partial charge is 0.345 e. The topological polar surface area (TPSA) is 69.8 Å². The van der Waals surface area contributed by atoms with Gasteiger partial charge in [0.05, 0.1) is 17.4 Å². The predicted molar refractivity (Wildman–Crippen MR) is 110 cm³/mol. The van der Waals surface area contributed by atoms with Crippen molar-refractivity contribution in [3.8, 4) is 0 Å². The molecule has 138 valence electrons. The summed E-state index contributed by atoms with van der Waals surface area (Å²) < 4.78 is 0. The van der Waals surface area contributed by atoms with E-state index in [1.165, 1.54) is 12.0 Å². The lowest BCUT2D eigenvalue weighted by Gasteiger charge is -2.10. The van der Waals surface area contributed by atoms with E-state index in [1.54, 1.807) is 6.33 Å². The summed E-state index contributed by atoms with van der Waals surface area (Å²) in [7, 11) is 0. The number of carbonyl (C=O) groups excluding carboxylic acids is 1. The maximum absolute atomic E-state index is 12.5. The fourth-order valence-corrected chi connectivity index (χ4v) is 3.28. The van der Waals surface area contributed by atoms with Crippen molar-refractivity contribution in [3.63, 3.8) is 0 Å². The predicted octanol–water partition coefficient (Wildman–Crippen LogP) is 3.81. The molecule has 0 radical (unpaired) electrons. The van der Waals surface area contributed by atoms with Crippen LogP contribution in [0.5, 0.6) is 0 Å². The number of aromatic nitrogens is 2. The van der Waals surface area contributed by atoms with E-state index in [0.717, 1.165) is 36.2 Å². The number of hydrogen-bond acceptors (Lipinski definition) is 3. The lowest BCUT2D eigenvalue weighted by molar-refractivity contribution is 0.102. The molecule has 0 spiro atoms. The molecule has 4 rings (SSSR count). The van der Waals surface area contributed by atoms with Gasteiger partial charge in [-0.3, -0.25) is 4.79 Å². The van der Waals surface area contributed by atoms with E-state index in [4.69, 9.17) is 0 Å². The van der Waals surface area contributed by atoms with Crippen LogP contribution in [0.3, 0.4) is 0 Å². The van der Waals surface area contributed by atoms with Gasteiger partial charge in [-0.15, -0.1) is 24.8 Å². The molecule has 1 aliphatic rings. The molecule has 0 bridgehead atoms.